The van der Waals surface area contributed by atoms with E-state index in [-0.39, 0.29) is 12.0 Å². The van der Waals surface area contributed by atoms with E-state index in [0.717, 1.165) is 47.1 Å². The molecular weight excluding hydrogens is 400 g/mol. The molecule has 0 bridgehead atoms. The molecule has 1 aromatic heterocycles. The summed E-state index contributed by atoms with van der Waals surface area (Å²) in [5, 5.41) is 3.46. The summed E-state index contributed by atoms with van der Waals surface area (Å²) in [6, 6.07) is 14.8. The molecule has 156 valence electrons. The molecule has 0 saturated carbocycles. The molecule has 0 radical (unpaired) electrons. The van der Waals surface area contributed by atoms with Gasteiger partial charge in [0.05, 0.1) is 18.9 Å². The standard InChI is InChI=1S/C23H24N2O4S/c1-15-21(16-5-9-18(27-2)10-6-16)24-23(30-15)25-22(26)17-7-11-19(12-8-17)29-14-20-4-3-13-28-20/h5-12,20H,3-4,13-14H2,1-2H3,(H,24,25,26). The van der Waals surface area contributed by atoms with Crippen LogP contribution in [0.25, 0.3) is 11.3 Å². The zero-order chi connectivity index (χ0) is 20.9. The highest BCUT2D eigenvalue weighted by Gasteiger charge is 2.16. The number of aryl methyl sites for hydroxylation is 1. The van der Waals surface area contributed by atoms with Crippen LogP contribution < -0.4 is 14.8 Å². The van der Waals surface area contributed by atoms with Crippen molar-refractivity contribution in [3.05, 3.63) is 59.0 Å². The molecule has 1 saturated heterocycles. The second-order valence-corrected chi connectivity index (χ2v) is 8.28. The average molecular weight is 425 g/mol. The Hall–Kier alpha value is -2.90. The number of methoxy groups -OCH3 is 1. The Bertz CT molecular complexity index is 993. The van der Waals surface area contributed by atoms with Gasteiger partial charge in [-0.05, 0) is 68.3 Å². The smallest absolute Gasteiger partial charge is 0.257 e. The van der Waals surface area contributed by atoms with Gasteiger partial charge in [0.25, 0.3) is 5.91 Å². The van der Waals surface area contributed by atoms with E-state index in [1.54, 1.807) is 31.4 Å². The predicted molar refractivity (Wildman–Crippen MR) is 118 cm³/mol. The number of carbonyl (C=O) groups is 1. The molecule has 4 rings (SSSR count). The van der Waals surface area contributed by atoms with Crippen LogP contribution in [0.15, 0.2) is 48.5 Å². The van der Waals surface area contributed by atoms with E-state index in [4.69, 9.17) is 14.2 Å². The van der Waals surface area contributed by atoms with Crippen LogP contribution >= 0.6 is 11.3 Å². The van der Waals surface area contributed by atoms with Gasteiger partial charge in [0.15, 0.2) is 5.13 Å². The Morgan fingerprint density at radius 3 is 2.57 bits per heavy atom. The largest absolute Gasteiger partial charge is 0.497 e. The summed E-state index contributed by atoms with van der Waals surface area (Å²) in [6.45, 7) is 3.34. The number of nitrogens with zero attached hydrogens (tertiary/aromatic N) is 1. The van der Waals surface area contributed by atoms with Crippen LogP contribution in [0.2, 0.25) is 0 Å². The van der Waals surface area contributed by atoms with Gasteiger partial charge in [0, 0.05) is 22.6 Å². The minimum absolute atomic E-state index is 0.168. The van der Waals surface area contributed by atoms with Crippen LogP contribution in [-0.4, -0.2) is 37.3 Å². The van der Waals surface area contributed by atoms with Crippen molar-refractivity contribution >= 4 is 22.4 Å². The van der Waals surface area contributed by atoms with Gasteiger partial charge in [0.2, 0.25) is 0 Å². The molecule has 1 unspecified atom stereocenters. The van der Waals surface area contributed by atoms with E-state index in [9.17, 15) is 4.79 Å². The Kier molecular flexibility index (Phi) is 6.30. The Labute approximate surface area is 179 Å². The molecule has 1 N–H and O–H groups in total. The van der Waals surface area contributed by atoms with Gasteiger partial charge in [-0.25, -0.2) is 4.98 Å². The monoisotopic (exact) mass is 424 g/mol. The molecule has 1 aliphatic rings. The van der Waals surface area contributed by atoms with Crippen molar-refractivity contribution < 1.29 is 19.0 Å². The van der Waals surface area contributed by atoms with E-state index in [1.165, 1.54) is 11.3 Å². The number of hydrogen-bond donors (Lipinski definition) is 1. The first-order chi connectivity index (χ1) is 14.6. The summed E-state index contributed by atoms with van der Waals surface area (Å²) in [4.78, 5) is 18.2. The third kappa shape index (κ3) is 4.80. The molecule has 6 nitrogen and oxygen atoms in total. The number of ether oxygens (including phenoxy) is 3. The molecule has 1 aliphatic heterocycles. The van der Waals surface area contributed by atoms with Gasteiger partial charge in [-0.15, -0.1) is 11.3 Å². The number of benzene rings is 2. The molecule has 0 spiro atoms. The van der Waals surface area contributed by atoms with E-state index >= 15 is 0 Å². The van der Waals surface area contributed by atoms with Crippen molar-refractivity contribution in [2.75, 3.05) is 25.6 Å². The van der Waals surface area contributed by atoms with Gasteiger partial charge in [-0.1, -0.05) is 0 Å². The second kappa shape index (κ2) is 9.28. The normalized spacial score (nSPS) is 15.7. The Morgan fingerprint density at radius 2 is 1.90 bits per heavy atom. The number of hydrogen-bond acceptors (Lipinski definition) is 6. The molecular formula is C23H24N2O4S. The first kappa shape index (κ1) is 20.4. The van der Waals surface area contributed by atoms with Crippen molar-refractivity contribution in [2.45, 2.75) is 25.9 Å². The molecule has 0 aliphatic carbocycles. The third-order valence-electron chi connectivity index (χ3n) is 4.96. The topological polar surface area (TPSA) is 69.7 Å². The highest BCUT2D eigenvalue weighted by molar-refractivity contribution is 7.16. The lowest BCUT2D eigenvalue weighted by molar-refractivity contribution is 0.0679. The van der Waals surface area contributed by atoms with Crippen molar-refractivity contribution in [2.24, 2.45) is 0 Å². The molecule has 30 heavy (non-hydrogen) atoms. The molecule has 2 heterocycles. The lowest BCUT2D eigenvalue weighted by atomic mass is 10.1. The van der Waals surface area contributed by atoms with Crippen molar-refractivity contribution in [3.63, 3.8) is 0 Å². The zero-order valence-electron chi connectivity index (χ0n) is 17.0. The maximum atomic E-state index is 12.6. The number of carbonyl (C=O) groups excluding carboxylic acids is 1. The van der Waals surface area contributed by atoms with Crippen LogP contribution in [0.3, 0.4) is 0 Å². The molecule has 1 atom stereocenters. The van der Waals surface area contributed by atoms with E-state index in [1.807, 2.05) is 31.2 Å². The van der Waals surface area contributed by atoms with Crippen LogP contribution in [0.1, 0.15) is 28.1 Å². The summed E-state index contributed by atoms with van der Waals surface area (Å²) in [7, 11) is 1.64. The molecule has 1 amide bonds. The Balaban J connectivity index is 1.38. The van der Waals surface area contributed by atoms with Crippen LogP contribution in [0.5, 0.6) is 11.5 Å². The fourth-order valence-corrected chi connectivity index (χ4v) is 4.13. The summed E-state index contributed by atoms with van der Waals surface area (Å²) >= 11 is 1.45. The van der Waals surface area contributed by atoms with Crippen LogP contribution in [0, 0.1) is 6.92 Å². The number of thiazole rings is 1. The average Bonchev–Trinajstić information content (AvgIpc) is 3.42. The number of nitrogens with one attached hydrogen (secondary N) is 1. The van der Waals surface area contributed by atoms with Gasteiger partial charge in [0.1, 0.15) is 18.1 Å². The van der Waals surface area contributed by atoms with Gasteiger partial charge < -0.3 is 14.2 Å². The number of amides is 1. The molecule has 7 heteroatoms. The van der Waals surface area contributed by atoms with E-state index in [0.29, 0.717) is 17.3 Å². The minimum Gasteiger partial charge on any atom is -0.497 e. The predicted octanol–water partition coefficient (Wildman–Crippen LogP) is 4.94. The summed E-state index contributed by atoms with van der Waals surface area (Å²) in [6.07, 6.45) is 2.29. The lowest BCUT2D eigenvalue weighted by Gasteiger charge is -2.11. The maximum Gasteiger partial charge on any atom is 0.257 e. The van der Waals surface area contributed by atoms with E-state index in [2.05, 4.69) is 10.3 Å². The van der Waals surface area contributed by atoms with Crippen molar-refractivity contribution in [1.29, 1.82) is 0 Å². The highest BCUT2D eigenvalue weighted by atomic mass is 32.1. The van der Waals surface area contributed by atoms with Gasteiger partial charge in [-0.2, -0.15) is 0 Å². The third-order valence-corrected chi connectivity index (χ3v) is 5.84. The quantitative estimate of drug-likeness (QED) is 0.582. The van der Waals surface area contributed by atoms with Crippen molar-refractivity contribution in [1.82, 2.24) is 4.98 Å². The summed E-state index contributed by atoms with van der Waals surface area (Å²) in [5.74, 6) is 1.33. The lowest BCUT2D eigenvalue weighted by Crippen LogP contribution is -2.16. The number of aromatic nitrogens is 1. The molecule has 2 aromatic carbocycles. The summed E-state index contributed by atoms with van der Waals surface area (Å²) in [5.41, 5.74) is 2.40. The first-order valence-electron chi connectivity index (χ1n) is 9.90. The SMILES string of the molecule is COc1ccc(-c2nc(NC(=O)c3ccc(OCC4CCCO4)cc3)sc2C)cc1. The van der Waals surface area contributed by atoms with Gasteiger partial charge in [-0.3, -0.25) is 10.1 Å². The molecule has 1 fully saturated rings. The minimum atomic E-state index is -0.198. The number of rotatable bonds is 7. The fourth-order valence-electron chi connectivity index (χ4n) is 3.30. The first-order valence-corrected chi connectivity index (χ1v) is 10.7. The second-order valence-electron chi connectivity index (χ2n) is 7.08. The fraction of sp³-hybridized carbons (Fsp3) is 0.304. The van der Waals surface area contributed by atoms with Gasteiger partial charge >= 0.3 is 0 Å². The highest BCUT2D eigenvalue weighted by Crippen LogP contribution is 2.31. The van der Waals surface area contributed by atoms with E-state index < -0.39 is 0 Å². The zero-order valence-corrected chi connectivity index (χ0v) is 17.8. The van der Waals surface area contributed by atoms with Crippen LogP contribution in [-0.2, 0) is 4.74 Å². The van der Waals surface area contributed by atoms with Crippen molar-refractivity contribution in [3.8, 4) is 22.8 Å². The Morgan fingerprint density at radius 1 is 1.17 bits per heavy atom. The number of anilines is 1. The maximum absolute atomic E-state index is 12.6. The molecule has 3 aromatic rings. The van der Waals surface area contributed by atoms with Crippen LogP contribution in [0.4, 0.5) is 5.13 Å². The summed E-state index contributed by atoms with van der Waals surface area (Å²) < 4.78 is 16.5.